The molecular weight excluding hydrogens is 230 g/mol. The molecule has 1 amide bonds. The molecule has 0 aromatic carbocycles. The molecule has 1 heterocycles. The molecule has 0 aromatic heterocycles. The highest BCUT2D eigenvalue weighted by Crippen LogP contribution is 2.19. The second-order valence-corrected chi connectivity index (χ2v) is 4.42. The molecular formula is C10H19NO6. The summed E-state index contributed by atoms with van der Waals surface area (Å²) in [4.78, 5) is 11.4. The first-order valence-corrected chi connectivity index (χ1v) is 5.49. The third-order valence-corrected chi connectivity index (χ3v) is 2.73. The van der Waals surface area contributed by atoms with E-state index in [4.69, 9.17) is 9.84 Å². The summed E-state index contributed by atoms with van der Waals surface area (Å²) in [6.45, 7) is 2.79. The molecule has 0 aromatic rings. The summed E-state index contributed by atoms with van der Waals surface area (Å²) in [5.74, 6) is -0.687. The van der Waals surface area contributed by atoms with Crippen LogP contribution >= 0.6 is 0 Å². The molecule has 0 bridgehead atoms. The Morgan fingerprint density at radius 2 is 1.88 bits per heavy atom. The maximum atomic E-state index is 11.4. The van der Waals surface area contributed by atoms with Crippen molar-refractivity contribution in [2.24, 2.45) is 5.92 Å². The van der Waals surface area contributed by atoms with Crippen LogP contribution < -0.4 is 5.32 Å². The SMILES string of the molecule is CC(C)C(=O)N[C@@H]1C(O)O[C@H](CO)[C@@H](O)[C@@H]1O. The lowest BCUT2D eigenvalue weighted by Crippen LogP contribution is -2.64. The number of rotatable bonds is 3. The second-order valence-electron chi connectivity index (χ2n) is 4.42. The van der Waals surface area contributed by atoms with Crippen LogP contribution in [0.3, 0.4) is 0 Å². The van der Waals surface area contributed by atoms with Crippen molar-refractivity contribution in [2.75, 3.05) is 6.61 Å². The summed E-state index contributed by atoms with van der Waals surface area (Å²) in [5.41, 5.74) is 0. The van der Waals surface area contributed by atoms with Crippen molar-refractivity contribution in [3.63, 3.8) is 0 Å². The van der Waals surface area contributed by atoms with Crippen LogP contribution in [0.15, 0.2) is 0 Å². The fourth-order valence-corrected chi connectivity index (χ4v) is 1.58. The minimum atomic E-state index is -1.46. The van der Waals surface area contributed by atoms with Gasteiger partial charge in [0.25, 0.3) is 0 Å². The third-order valence-electron chi connectivity index (χ3n) is 2.73. The molecule has 0 aliphatic carbocycles. The fourth-order valence-electron chi connectivity index (χ4n) is 1.58. The first-order valence-electron chi connectivity index (χ1n) is 5.49. The lowest BCUT2D eigenvalue weighted by atomic mass is 9.96. The Labute approximate surface area is 99.0 Å². The van der Waals surface area contributed by atoms with Gasteiger partial charge in [-0.25, -0.2) is 0 Å². The molecule has 1 fully saturated rings. The maximum Gasteiger partial charge on any atom is 0.223 e. The number of hydrogen-bond donors (Lipinski definition) is 5. The van der Waals surface area contributed by atoms with Gasteiger partial charge < -0.3 is 30.5 Å². The standard InChI is InChI=1S/C10H19NO6/c1-4(2)9(15)11-6-8(14)7(13)5(3-12)17-10(6)16/h4-8,10,12-14,16H,3H2,1-2H3,(H,11,15)/t5-,6+,7-,8-,10?/m1/s1. The predicted molar refractivity (Wildman–Crippen MR) is 56.7 cm³/mol. The average Bonchev–Trinajstić information content (AvgIpc) is 2.28. The van der Waals surface area contributed by atoms with Gasteiger partial charge in [-0.1, -0.05) is 13.8 Å². The molecule has 0 radical (unpaired) electrons. The number of aliphatic hydroxyl groups excluding tert-OH is 4. The van der Waals surface area contributed by atoms with Crippen molar-refractivity contribution >= 4 is 5.91 Å². The zero-order chi connectivity index (χ0) is 13.2. The largest absolute Gasteiger partial charge is 0.394 e. The first kappa shape index (κ1) is 14.3. The zero-order valence-electron chi connectivity index (χ0n) is 9.78. The van der Waals surface area contributed by atoms with Crippen LogP contribution in [-0.4, -0.2) is 63.6 Å². The molecule has 1 unspecified atom stereocenters. The lowest BCUT2D eigenvalue weighted by molar-refractivity contribution is -0.254. The highest BCUT2D eigenvalue weighted by molar-refractivity contribution is 5.78. The topological polar surface area (TPSA) is 119 Å². The van der Waals surface area contributed by atoms with Gasteiger partial charge in [0, 0.05) is 5.92 Å². The minimum absolute atomic E-state index is 0.317. The van der Waals surface area contributed by atoms with Crippen LogP contribution in [0.1, 0.15) is 13.8 Å². The van der Waals surface area contributed by atoms with Crippen LogP contribution in [0, 0.1) is 5.92 Å². The molecule has 1 saturated heterocycles. The molecule has 0 spiro atoms. The van der Waals surface area contributed by atoms with Gasteiger partial charge in [0.15, 0.2) is 6.29 Å². The number of hydrogen-bond acceptors (Lipinski definition) is 6. The molecule has 1 aliphatic rings. The van der Waals surface area contributed by atoms with Crippen molar-refractivity contribution in [1.29, 1.82) is 0 Å². The number of carbonyl (C=O) groups excluding carboxylic acids is 1. The van der Waals surface area contributed by atoms with E-state index >= 15 is 0 Å². The summed E-state index contributed by atoms with van der Waals surface area (Å²) in [6.07, 6.45) is -5.28. The zero-order valence-corrected chi connectivity index (χ0v) is 9.78. The molecule has 5 atom stereocenters. The van der Waals surface area contributed by atoms with E-state index < -0.39 is 37.3 Å². The summed E-state index contributed by atoms with van der Waals surface area (Å²) < 4.78 is 4.89. The summed E-state index contributed by atoms with van der Waals surface area (Å²) in [5, 5.41) is 40.1. The van der Waals surface area contributed by atoms with Gasteiger partial charge >= 0.3 is 0 Å². The monoisotopic (exact) mass is 249 g/mol. The summed E-state index contributed by atoms with van der Waals surface area (Å²) in [7, 11) is 0. The molecule has 7 heteroatoms. The predicted octanol–water partition coefficient (Wildman–Crippen LogP) is -2.44. The van der Waals surface area contributed by atoms with Crippen molar-refractivity contribution in [3.05, 3.63) is 0 Å². The Morgan fingerprint density at radius 1 is 1.29 bits per heavy atom. The van der Waals surface area contributed by atoms with Crippen LogP contribution in [0.5, 0.6) is 0 Å². The number of nitrogens with one attached hydrogen (secondary N) is 1. The normalized spacial score (nSPS) is 38.2. The Hall–Kier alpha value is -0.730. The average molecular weight is 249 g/mol. The van der Waals surface area contributed by atoms with Gasteiger partial charge in [0.2, 0.25) is 5.91 Å². The molecule has 5 N–H and O–H groups in total. The van der Waals surface area contributed by atoms with Gasteiger partial charge in [0.05, 0.1) is 6.61 Å². The Kier molecular flexibility index (Phi) is 4.84. The molecule has 100 valence electrons. The second kappa shape index (κ2) is 5.74. The van der Waals surface area contributed by atoms with E-state index in [1.54, 1.807) is 13.8 Å². The molecule has 0 saturated carbocycles. The Morgan fingerprint density at radius 3 is 2.35 bits per heavy atom. The molecule has 1 rings (SSSR count). The van der Waals surface area contributed by atoms with Gasteiger partial charge in [0.1, 0.15) is 24.4 Å². The van der Waals surface area contributed by atoms with Gasteiger partial charge in [-0.2, -0.15) is 0 Å². The quantitative estimate of drug-likeness (QED) is 0.379. The number of amides is 1. The van der Waals surface area contributed by atoms with E-state index in [-0.39, 0.29) is 11.8 Å². The van der Waals surface area contributed by atoms with Crippen molar-refractivity contribution in [2.45, 2.75) is 44.5 Å². The van der Waals surface area contributed by atoms with E-state index in [2.05, 4.69) is 5.32 Å². The fraction of sp³-hybridized carbons (Fsp3) is 0.900. The summed E-state index contributed by atoms with van der Waals surface area (Å²) in [6, 6.07) is -1.11. The Bertz CT molecular complexity index is 272. The molecule has 17 heavy (non-hydrogen) atoms. The Balaban J connectivity index is 2.69. The minimum Gasteiger partial charge on any atom is -0.394 e. The van der Waals surface area contributed by atoms with Crippen LogP contribution in [0.4, 0.5) is 0 Å². The van der Waals surface area contributed by atoms with Crippen molar-refractivity contribution in [1.82, 2.24) is 5.32 Å². The molecule has 1 aliphatic heterocycles. The van der Waals surface area contributed by atoms with Crippen LogP contribution in [0.2, 0.25) is 0 Å². The third kappa shape index (κ3) is 3.14. The number of carbonyl (C=O) groups is 1. The van der Waals surface area contributed by atoms with Gasteiger partial charge in [-0.05, 0) is 0 Å². The molecule has 7 nitrogen and oxygen atoms in total. The number of aliphatic hydroxyl groups is 4. The van der Waals surface area contributed by atoms with E-state index in [1.807, 2.05) is 0 Å². The maximum absolute atomic E-state index is 11.4. The van der Waals surface area contributed by atoms with Crippen molar-refractivity contribution < 1.29 is 30.0 Å². The van der Waals surface area contributed by atoms with Gasteiger partial charge in [-0.3, -0.25) is 4.79 Å². The van der Waals surface area contributed by atoms with E-state index in [0.29, 0.717) is 0 Å². The summed E-state index contributed by atoms with van der Waals surface area (Å²) >= 11 is 0. The van der Waals surface area contributed by atoms with E-state index in [0.717, 1.165) is 0 Å². The highest BCUT2D eigenvalue weighted by atomic mass is 16.6. The smallest absolute Gasteiger partial charge is 0.223 e. The highest BCUT2D eigenvalue weighted by Gasteiger charge is 2.44. The number of ether oxygens (including phenoxy) is 1. The van der Waals surface area contributed by atoms with Gasteiger partial charge in [-0.15, -0.1) is 0 Å². The lowest BCUT2D eigenvalue weighted by Gasteiger charge is -2.40. The van der Waals surface area contributed by atoms with E-state index in [9.17, 15) is 20.1 Å². The first-order chi connectivity index (χ1) is 7.88. The van der Waals surface area contributed by atoms with Crippen LogP contribution in [0.25, 0.3) is 0 Å². The van der Waals surface area contributed by atoms with Crippen LogP contribution in [-0.2, 0) is 9.53 Å². The van der Waals surface area contributed by atoms with Crippen molar-refractivity contribution in [3.8, 4) is 0 Å². The van der Waals surface area contributed by atoms with E-state index in [1.165, 1.54) is 0 Å².